The molecule has 2 heteroatoms. The van der Waals surface area contributed by atoms with Gasteiger partial charge in [0, 0.05) is 28.0 Å². The first-order valence-electron chi connectivity index (χ1n) is 27.4. The van der Waals surface area contributed by atoms with Gasteiger partial charge in [-0.2, -0.15) is 0 Å². The molecule has 0 saturated carbocycles. The first kappa shape index (κ1) is 44.5. The van der Waals surface area contributed by atoms with E-state index in [0.29, 0.717) is 5.75 Å². The molecule has 0 aromatic heterocycles. The Labute approximate surface area is 454 Å². The van der Waals surface area contributed by atoms with Gasteiger partial charge in [-0.25, -0.2) is 0 Å². The van der Waals surface area contributed by atoms with Crippen LogP contribution in [0, 0.1) is 0 Å². The maximum Gasteiger partial charge on any atom is 0.128 e. The minimum Gasteiger partial charge on any atom is -0.507 e. The summed E-state index contributed by atoms with van der Waals surface area (Å²) in [5, 5.41) is 19.5. The Morgan fingerprint density at radius 3 is 1.41 bits per heavy atom. The predicted octanol–water partition coefficient (Wildman–Crippen LogP) is 19.3. The van der Waals surface area contributed by atoms with Gasteiger partial charge >= 0.3 is 0 Å². The fourth-order valence-corrected chi connectivity index (χ4v) is 14.7. The van der Waals surface area contributed by atoms with Crippen molar-refractivity contribution in [2.45, 2.75) is 24.2 Å². The van der Waals surface area contributed by atoms with Crippen LogP contribution >= 0.6 is 0 Å². The highest BCUT2D eigenvalue weighted by Gasteiger charge is 2.52. The number of para-hydroxylation sites is 1. The average molecular weight is 994 g/mol. The van der Waals surface area contributed by atoms with Gasteiger partial charge in [0.1, 0.15) is 5.75 Å². The lowest BCUT2D eigenvalue weighted by atomic mass is 9.65. The molecule has 2 nitrogen and oxygen atoms in total. The van der Waals surface area contributed by atoms with Crippen LogP contribution in [0.1, 0.15) is 57.0 Å². The Morgan fingerprint density at radius 2 is 0.744 bits per heavy atom. The quantitative estimate of drug-likeness (QED) is 0.172. The van der Waals surface area contributed by atoms with E-state index >= 15 is 0 Å². The predicted molar refractivity (Wildman–Crippen MR) is 324 cm³/mol. The van der Waals surface area contributed by atoms with E-state index in [2.05, 4.69) is 273 Å². The number of fused-ring (bicyclic) bond motifs is 16. The minimum atomic E-state index is -0.849. The van der Waals surface area contributed by atoms with Crippen molar-refractivity contribution in [1.29, 1.82) is 0 Å². The summed E-state index contributed by atoms with van der Waals surface area (Å²) in [6, 6.07) is 101. The molecule has 16 rings (SSSR count). The SMILES string of the molecule is CCc1c(C2(c3ccc4ccccc4c3O)c3ccccc3-c3ccc(-c4cccc5ccc(N(c6ccccc6)c6ccc7c(c6)-c6ccccc6C76c7ccccc7-c7ccccc76)cc45)cc32)ccc2ccccc12. The molecule has 0 fully saturated rings. The molecule has 0 bridgehead atoms. The second kappa shape index (κ2) is 16.9. The van der Waals surface area contributed by atoms with Crippen molar-refractivity contribution in [3.63, 3.8) is 0 Å². The molecule has 0 amide bonds. The molecule has 1 unspecified atom stereocenters. The zero-order valence-corrected chi connectivity index (χ0v) is 43.1. The van der Waals surface area contributed by atoms with Crippen molar-refractivity contribution in [2.24, 2.45) is 0 Å². The van der Waals surface area contributed by atoms with Gasteiger partial charge in [-0.05, 0) is 165 Å². The van der Waals surface area contributed by atoms with Crippen molar-refractivity contribution >= 4 is 49.4 Å². The van der Waals surface area contributed by atoms with E-state index in [4.69, 9.17) is 0 Å². The summed E-state index contributed by atoms with van der Waals surface area (Å²) in [5.41, 5.74) is 22.8. The van der Waals surface area contributed by atoms with Crippen LogP contribution in [0.4, 0.5) is 17.1 Å². The summed E-state index contributed by atoms with van der Waals surface area (Å²) in [5.74, 6) is 0.315. The van der Waals surface area contributed by atoms with E-state index in [1.54, 1.807) is 0 Å². The van der Waals surface area contributed by atoms with Crippen molar-refractivity contribution in [2.75, 3.05) is 4.90 Å². The van der Waals surface area contributed by atoms with E-state index in [9.17, 15) is 5.11 Å². The summed E-state index contributed by atoms with van der Waals surface area (Å²) in [4.78, 5) is 2.43. The molecule has 0 saturated heterocycles. The third kappa shape index (κ3) is 5.97. The van der Waals surface area contributed by atoms with Gasteiger partial charge in [0.2, 0.25) is 0 Å². The highest BCUT2D eigenvalue weighted by molar-refractivity contribution is 6.03. The van der Waals surface area contributed by atoms with Crippen molar-refractivity contribution < 1.29 is 5.11 Å². The van der Waals surface area contributed by atoms with E-state index in [1.165, 1.54) is 88.7 Å². The monoisotopic (exact) mass is 993 g/mol. The number of hydrogen-bond donors (Lipinski definition) is 1. The Kier molecular flexibility index (Phi) is 9.63. The third-order valence-electron chi connectivity index (χ3n) is 17.8. The molecule has 13 aromatic rings. The van der Waals surface area contributed by atoms with E-state index in [0.717, 1.165) is 61.7 Å². The molecule has 0 aliphatic heterocycles. The maximum absolute atomic E-state index is 12.9. The number of aromatic hydroxyl groups is 1. The number of phenolic OH excluding ortho intramolecular Hbond substituents is 1. The Bertz CT molecular complexity index is 4600. The number of aryl methyl sites for hydroxylation is 1. The van der Waals surface area contributed by atoms with Crippen LogP contribution in [0.25, 0.3) is 76.8 Å². The van der Waals surface area contributed by atoms with E-state index < -0.39 is 10.8 Å². The van der Waals surface area contributed by atoms with Crippen LogP contribution in [0.5, 0.6) is 5.75 Å². The lowest BCUT2D eigenvalue weighted by Gasteiger charge is -2.37. The molecule has 1 spiro atoms. The molecular formula is C76H51NO. The third-order valence-corrected chi connectivity index (χ3v) is 17.8. The van der Waals surface area contributed by atoms with Crippen molar-refractivity contribution in [3.8, 4) is 50.3 Å². The van der Waals surface area contributed by atoms with Gasteiger partial charge < -0.3 is 10.0 Å². The van der Waals surface area contributed by atoms with Crippen LogP contribution in [0.2, 0.25) is 0 Å². The van der Waals surface area contributed by atoms with Gasteiger partial charge in [0.05, 0.1) is 10.8 Å². The standard InChI is InChI=1S/C76H51NO/c1-2-55-56-24-8-6-19-48(56)37-42-70(55)76(72-43-38-49-20-7-9-25-58(49)74(72)78)68-33-16-12-28-61(68)63-41-36-51(45-73(63)76)57-30-18-21-50-35-39-53(46-64(50)57)77(52-22-4-3-5-23-52)54-40-44-71-65(47-54)62-29-13-17-34-69(62)75(71)66-31-14-10-26-59(66)60-27-11-15-32-67(60)75/h3-47,78H,2H2,1H3. The van der Waals surface area contributed by atoms with Crippen LogP contribution in [0.15, 0.2) is 273 Å². The van der Waals surface area contributed by atoms with Gasteiger partial charge in [-0.3, -0.25) is 0 Å². The number of phenols is 1. The van der Waals surface area contributed by atoms with Gasteiger partial charge in [-0.1, -0.05) is 237 Å². The molecule has 13 aromatic carbocycles. The number of rotatable bonds is 7. The normalized spacial score (nSPS) is 15.0. The first-order chi connectivity index (χ1) is 38.6. The molecule has 3 aliphatic carbocycles. The molecule has 3 aliphatic rings. The zero-order chi connectivity index (χ0) is 51.7. The summed E-state index contributed by atoms with van der Waals surface area (Å²) in [6.07, 6.45) is 0.827. The van der Waals surface area contributed by atoms with Crippen LogP contribution in [-0.4, -0.2) is 5.11 Å². The highest BCUT2D eigenvalue weighted by Crippen LogP contribution is 2.64. The number of benzene rings is 13. The maximum atomic E-state index is 12.9. The fourth-order valence-electron chi connectivity index (χ4n) is 14.7. The topological polar surface area (TPSA) is 23.5 Å². The summed E-state index contributed by atoms with van der Waals surface area (Å²) in [6.45, 7) is 2.27. The number of hydrogen-bond acceptors (Lipinski definition) is 2. The molecule has 366 valence electrons. The Balaban J connectivity index is 0.907. The second-order valence-corrected chi connectivity index (χ2v) is 21.4. The summed E-state index contributed by atoms with van der Waals surface area (Å²) >= 11 is 0. The van der Waals surface area contributed by atoms with Gasteiger partial charge in [-0.15, -0.1) is 0 Å². The molecule has 78 heavy (non-hydrogen) atoms. The van der Waals surface area contributed by atoms with Crippen molar-refractivity contribution in [1.82, 2.24) is 0 Å². The molecule has 1 N–H and O–H groups in total. The largest absolute Gasteiger partial charge is 0.507 e. The second-order valence-electron chi connectivity index (χ2n) is 21.4. The smallest absolute Gasteiger partial charge is 0.128 e. The van der Waals surface area contributed by atoms with Crippen molar-refractivity contribution in [3.05, 3.63) is 323 Å². The lowest BCUT2D eigenvalue weighted by Crippen LogP contribution is -2.30. The number of nitrogens with zero attached hydrogens (tertiary/aromatic N) is 1. The van der Waals surface area contributed by atoms with Crippen LogP contribution < -0.4 is 4.90 Å². The van der Waals surface area contributed by atoms with E-state index in [1.807, 2.05) is 12.1 Å². The lowest BCUT2D eigenvalue weighted by molar-refractivity contribution is 0.467. The number of anilines is 3. The van der Waals surface area contributed by atoms with E-state index in [-0.39, 0.29) is 0 Å². The Hall–Kier alpha value is -9.76. The zero-order valence-electron chi connectivity index (χ0n) is 43.1. The van der Waals surface area contributed by atoms with Gasteiger partial charge in [0.15, 0.2) is 0 Å². The fraction of sp³-hybridized carbons (Fsp3) is 0.0526. The summed E-state index contributed by atoms with van der Waals surface area (Å²) in [7, 11) is 0. The van der Waals surface area contributed by atoms with Crippen LogP contribution in [0.3, 0.4) is 0 Å². The molecule has 1 atom stereocenters. The molecule has 0 heterocycles. The first-order valence-corrected chi connectivity index (χ1v) is 27.4. The summed E-state index contributed by atoms with van der Waals surface area (Å²) < 4.78 is 0. The highest BCUT2D eigenvalue weighted by atomic mass is 16.3. The Morgan fingerprint density at radius 1 is 0.295 bits per heavy atom. The van der Waals surface area contributed by atoms with Gasteiger partial charge in [0.25, 0.3) is 0 Å². The average Bonchev–Trinajstić information content (AvgIpc) is 3.61. The molecular weight excluding hydrogens is 943 g/mol. The van der Waals surface area contributed by atoms with Crippen LogP contribution in [-0.2, 0) is 17.3 Å². The molecule has 0 radical (unpaired) electrons. The minimum absolute atomic E-state index is 0.315.